The van der Waals surface area contributed by atoms with Gasteiger partial charge < -0.3 is 10.6 Å². The van der Waals surface area contributed by atoms with Crippen molar-refractivity contribution in [1.29, 1.82) is 0 Å². The van der Waals surface area contributed by atoms with Crippen molar-refractivity contribution >= 4 is 23.1 Å². The Morgan fingerprint density at radius 1 is 1.04 bits per heavy atom. The lowest BCUT2D eigenvalue weighted by Gasteiger charge is -2.11. The first-order chi connectivity index (χ1) is 12.7. The van der Waals surface area contributed by atoms with Crippen LogP contribution in [0.15, 0.2) is 54.6 Å². The molecule has 0 aromatic heterocycles. The van der Waals surface area contributed by atoms with Crippen molar-refractivity contribution in [3.05, 3.63) is 71.3 Å². The van der Waals surface area contributed by atoms with Crippen LogP contribution in [0, 0.1) is 6.92 Å². The summed E-state index contributed by atoms with van der Waals surface area (Å²) in [5.41, 5.74) is 2.72. The van der Waals surface area contributed by atoms with Crippen molar-refractivity contribution in [2.45, 2.75) is 20.0 Å². The van der Waals surface area contributed by atoms with Gasteiger partial charge in [0.1, 0.15) is 6.54 Å². The van der Waals surface area contributed by atoms with Gasteiger partial charge in [0.25, 0.3) is 5.91 Å². The summed E-state index contributed by atoms with van der Waals surface area (Å²) in [5, 5.41) is 4.46. The van der Waals surface area contributed by atoms with Gasteiger partial charge in [0.15, 0.2) is 0 Å². The topological polar surface area (TPSA) is 58.2 Å². The predicted molar refractivity (Wildman–Crippen MR) is 98.3 cm³/mol. The van der Waals surface area contributed by atoms with E-state index in [1.807, 2.05) is 30.3 Å². The van der Waals surface area contributed by atoms with E-state index in [1.165, 1.54) is 18.2 Å². The Balaban J connectivity index is 2.12. The molecule has 0 fully saturated rings. The standard InChI is InChI=1S/C20H19F3N2O2/c1-13-8-9-16(19(27)24-12-20(21,22)23)11-17(13)25-18(26)10-14(2)15-6-4-3-5-7-15/h3-11H,12H2,1-2H3,(H,24,27)(H,25,26)/b14-10+. The van der Waals surface area contributed by atoms with Crippen LogP contribution in [-0.2, 0) is 4.79 Å². The van der Waals surface area contributed by atoms with E-state index in [4.69, 9.17) is 0 Å². The Hall–Kier alpha value is -3.09. The van der Waals surface area contributed by atoms with E-state index in [-0.39, 0.29) is 5.56 Å². The molecule has 0 atom stereocenters. The average molecular weight is 376 g/mol. The number of amides is 2. The number of carbonyl (C=O) groups excluding carboxylic acids is 2. The van der Waals surface area contributed by atoms with Gasteiger partial charge in [0, 0.05) is 17.3 Å². The molecule has 142 valence electrons. The van der Waals surface area contributed by atoms with Crippen LogP contribution in [0.25, 0.3) is 5.57 Å². The van der Waals surface area contributed by atoms with Gasteiger partial charge in [-0.25, -0.2) is 0 Å². The van der Waals surface area contributed by atoms with Gasteiger partial charge in [0.05, 0.1) is 0 Å². The molecule has 0 aliphatic carbocycles. The summed E-state index contributed by atoms with van der Waals surface area (Å²) in [6, 6.07) is 13.6. The summed E-state index contributed by atoms with van der Waals surface area (Å²) in [6.45, 7) is 2.10. The van der Waals surface area contributed by atoms with Gasteiger partial charge in [-0.2, -0.15) is 13.2 Å². The third kappa shape index (κ3) is 6.29. The van der Waals surface area contributed by atoms with Gasteiger partial charge in [-0.05, 0) is 42.7 Å². The lowest BCUT2D eigenvalue weighted by molar-refractivity contribution is -0.123. The second-order valence-corrected chi connectivity index (χ2v) is 6.01. The number of aryl methyl sites for hydroxylation is 1. The number of halogens is 3. The monoisotopic (exact) mass is 376 g/mol. The van der Waals surface area contributed by atoms with Crippen LogP contribution in [0.3, 0.4) is 0 Å². The molecule has 2 aromatic carbocycles. The first-order valence-electron chi connectivity index (χ1n) is 8.16. The number of hydrogen-bond donors (Lipinski definition) is 2. The maximum absolute atomic E-state index is 12.2. The van der Waals surface area contributed by atoms with Crippen LogP contribution in [-0.4, -0.2) is 24.5 Å². The van der Waals surface area contributed by atoms with Crippen LogP contribution < -0.4 is 10.6 Å². The summed E-state index contributed by atoms with van der Waals surface area (Å²) in [5.74, 6) is -1.26. The first-order valence-corrected chi connectivity index (χ1v) is 8.16. The summed E-state index contributed by atoms with van der Waals surface area (Å²) in [7, 11) is 0. The minimum Gasteiger partial charge on any atom is -0.343 e. The molecular formula is C20H19F3N2O2. The van der Waals surface area contributed by atoms with Gasteiger partial charge >= 0.3 is 6.18 Å². The molecule has 2 amide bonds. The molecule has 0 aliphatic heterocycles. The van der Waals surface area contributed by atoms with Crippen molar-refractivity contribution in [3.63, 3.8) is 0 Å². The highest BCUT2D eigenvalue weighted by Gasteiger charge is 2.28. The maximum Gasteiger partial charge on any atom is 0.405 e. The second-order valence-electron chi connectivity index (χ2n) is 6.01. The lowest BCUT2D eigenvalue weighted by atomic mass is 10.1. The van der Waals surface area contributed by atoms with E-state index in [0.29, 0.717) is 11.3 Å². The number of nitrogens with one attached hydrogen (secondary N) is 2. The highest BCUT2D eigenvalue weighted by molar-refractivity contribution is 6.05. The van der Waals surface area contributed by atoms with E-state index in [2.05, 4.69) is 5.32 Å². The zero-order valence-electron chi connectivity index (χ0n) is 14.9. The Morgan fingerprint density at radius 2 is 1.70 bits per heavy atom. The molecule has 0 aliphatic rings. The average Bonchev–Trinajstić information content (AvgIpc) is 2.61. The molecule has 0 saturated heterocycles. The zero-order valence-corrected chi connectivity index (χ0v) is 14.9. The molecule has 7 heteroatoms. The summed E-state index contributed by atoms with van der Waals surface area (Å²) in [4.78, 5) is 24.1. The highest BCUT2D eigenvalue weighted by atomic mass is 19.4. The quantitative estimate of drug-likeness (QED) is 0.763. The number of allylic oxidation sites excluding steroid dienone is 1. The fourth-order valence-electron chi connectivity index (χ4n) is 2.33. The maximum atomic E-state index is 12.2. The van der Waals surface area contributed by atoms with Crippen molar-refractivity contribution in [1.82, 2.24) is 5.32 Å². The number of anilines is 1. The molecule has 2 N–H and O–H groups in total. The molecule has 4 nitrogen and oxygen atoms in total. The Labute approximate surface area is 155 Å². The number of hydrogen-bond acceptors (Lipinski definition) is 2. The van der Waals surface area contributed by atoms with Gasteiger partial charge in [-0.1, -0.05) is 36.4 Å². The molecule has 0 heterocycles. The molecular weight excluding hydrogens is 357 g/mol. The minimum atomic E-state index is -4.49. The smallest absolute Gasteiger partial charge is 0.343 e. The van der Waals surface area contributed by atoms with Crippen LogP contribution >= 0.6 is 0 Å². The summed E-state index contributed by atoms with van der Waals surface area (Å²) >= 11 is 0. The highest BCUT2D eigenvalue weighted by Crippen LogP contribution is 2.19. The van der Waals surface area contributed by atoms with Crippen LogP contribution in [0.2, 0.25) is 0 Å². The van der Waals surface area contributed by atoms with E-state index in [9.17, 15) is 22.8 Å². The van der Waals surface area contributed by atoms with Gasteiger partial charge in [-0.3, -0.25) is 9.59 Å². The molecule has 2 aromatic rings. The normalized spacial score (nSPS) is 11.8. The molecule has 27 heavy (non-hydrogen) atoms. The molecule has 0 unspecified atom stereocenters. The van der Waals surface area contributed by atoms with Gasteiger partial charge in [0.2, 0.25) is 5.91 Å². The van der Waals surface area contributed by atoms with Crippen LogP contribution in [0.1, 0.15) is 28.4 Å². The lowest BCUT2D eigenvalue weighted by Crippen LogP contribution is -2.33. The molecule has 0 bridgehead atoms. The predicted octanol–water partition coefficient (Wildman–Crippen LogP) is 4.33. The number of alkyl halides is 3. The van der Waals surface area contributed by atoms with Crippen molar-refractivity contribution < 1.29 is 22.8 Å². The molecule has 2 rings (SSSR count). The number of rotatable bonds is 5. The minimum absolute atomic E-state index is 0.0314. The number of benzene rings is 2. The summed E-state index contributed by atoms with van der Waals surface area (Å²) < 4.78 is 36.7. The molecule has 0 radical (unpaired) electrons. The Kier molecular flexibility index (Phi) is 6.39. The Bertz CT molecular complexity index is 859. The third-order valence-corrected chi connectivity index (χ3v) is 3.78. The molecule has 0 spiro atoms. The van der Waals surface area contributed by atoms with Crippen molar-refractivity contribution in [2.24, 2.45) is 0 Å². The zero-order chi connectivity index (χ0) is 20.0. The van der Waals surface area contributed by atoms with E-state index < -0.39 is 24.5 Å². The second kappa shape index (κ2) is 8.53. The van der Waals surface area contributed by atoms with Gasteiger partial charge in [-0.15, -0.1) is 0 Å². The fraction of sp³-hybridized carbons (Fsp3) is 0.200. The van der Waals surface area contributed by atoms with E-state index in [1.54, 1.807) is 25.2 Å². The number of carbonyl (C=O) groups is 2. The van der Waals surface area contributed by atoms with E-state index >= 15 is 0 Å². The van der Waals surface area contributed by atoms with Crippen molar-refractivity contribution in [2.75, 3.05) is 11.9 Å². The SMILES string of the molecule is C/C(=C\C(=O)Nc1cc(C(=O)NCC(F)(F)F)ccc1C)c1ccccc1. The van der Waals surface area contributed by atoms with Crippen LogP contribution in [0.5, 0.6) is 0 Å². The van der Waals surface area contributed by atoms with Crippen molar-refractivity contribution in [3.8, 4) is 0 Å². The largest absolute Gasteiger partial charge is 0.405 e. The van der Waals surface area contributed by atoms with E-state index in [0.717, 1.165) is 11.1 Å². The third-order valence-electron chi connectivity index (χ3n) is 3.78. The van der Waals surface area contributed by atoms with Crippen LogP contribution in [0.4, 0.5) is 18.9 Å². The first kappa shape index (κ1) is 20.2. The summed E-state index contributed by atoms with van der Waals surface area (Å²) in [6.07, 6.45) is -3.07. The fourth-order valence-corrected chi connectivity index (χ4v) is 2.33. The molecule has 0 saturated carbocycles. The Morgan fingerprint density at radius 3 is 2.33 bits per heavy atom.